The minimum atomic E-state index is 0. The third kappa shape index (κ3) is 6.46. The molecular formula is C22H33IN6O. The number of halogens is 1. The van der Waals surface area contributed by atoms with Gasteiger partial charge in [0.2, 0.25) is 0 Å². The van der Waals surface area contributed by atoms with Gasteiger partial charge in [0.05, 0.1) is 7.11 Å². The van der Waals surface area contributed by atoms with E-state index < -0.39 is 0 Å². The summed E-state index contributed by atoms with van der Waals surface area (Å²) >= 11 is 0. The topological polar surface area (TPSA) is 56.2 Å². The van der Waals surface area contributed by atoms with Gasteiger partial charge in [0.1, 0.15) is 11.6 Å². The first kappa shape index (κ1) is 24.2. The van der Waals surface area contributed by atoms with Crippen LogP contribution in [0.5, 0.6) is 5.75 Å². The number of methoxy groups -OCH3 is 1. The van der Waals surface area contributed by atoms with E-state index in [0.717, 1.165) is 49.3 Å². The van der Waals surface area contributed by atoms with Gasteiger partial charge >= 0.3 is 0 Å². The Morgan fingerprint density at radius 2 is 1.93 bits per heavy atom. The number of anilines is 1. The number of benzene rings is 1. The molecule has 1 aliphatic rings. The molecule has 0 aliphatic carbocycles. The zero-order valence-electron chi connectivity index (χ0n) is 18.3. The largest absolute Gasteiger partial charge is 0.496 e. The Labute approximate surface area is 197 Å². The van der Waals surface area contributed by atoms with Crippen LogP contribution in [-0.2, 0) is 13.1 Å². The van der Waals surface area contributed by atoms with Gasteiger partial charge in [-0.25, -0.2) is 4.98 Å². The van der Waals surface area contributed by atoms with E-state index in [4.69, 9.17) is 4.74 Å². The van der Waals surface area contributed by atoms with Crippen molar-refractivity contribution in [1.29, 1.82) is 0 Å². The molecule has 1 fully saturated rings. The lowest BCUT2D eigenvalue weighted by molar-refractivity contribution is 0.312. The summed E-state index contributed by atoms with van der Waals surface area (Å²) in [7, 11) is 7.71. The van der Waals surface area contributed by atoms with Gasteiger partial charge in [0.15, 0.2) is 5.96 Å². The molecule has 1 aromatic heterocycles. The minimum Gasteiger partial charge on any atom is -0.496 e. The minimum absolute atomic E-state index is 0. The number of rotatable bonds is 6. The third-order valence-electron chi connectivity index (χ3n) is 5.26. The lowest BCUT2D eigenvalue weighted by Gasteiger charge is -2.33. The maximum atomic E-state index is 5.46. The van der Waals surface area contributed by atoms with Crippen molar-refractivity contribution in [3.63, 3.8) is 0 Å². The molecule has 0 bridgehead atoms. The summed E-state index contributed by atoms with van der Waals surface area (Å²) in [6.07, 6.45) is 1.89. The average molecular weight is 524 g/mol. The predicted molar refractivity (Wildman–Crippen MR) is 134 cm³/mol. The van der Waals surface area contributed by atoms with E-state index in [1.807, 2.05) is 38.5 Å². The second kappa shape index (κ2) is 11.9. The average Bonchev–Trinajstić information content (AvgIpc) is 2.75. The Morgan fingerprint density at radius 3 is 2.63 bits per heavy atom. The summed E-state index contributed by atoms with van der Waals surface area (Å²) in [6.45, 7) is 5.60. The van der Waals surface area contributed by atoms with Crippen LogP contribution < -0.4 is 15.0 Å². The lowest BCUT2D eigenvalue weighted by Crippen LogP contribution is -2.44. The number of hydrogen-bond donors (Lipinski definition) is 1. The molecule has 2 heterocycles. The van der Waals surface area contributed by atoms with Crippen molar-refractivity contribution in [2.45, 2.75) is 13.1 Å². The summed E-state index contributed by atoms with van der Waals surface area (Å²) in [4.78, 5) is 15.8. The number of hydrogen-bond acceptors (Lipinski definition) is 5. The normalized spacial score (nSPS) is 14.8. The smallest absolute Gasteiger partial charge is 0.193 e. The third-order valence-corrected chi connectivity index (χ3v) is 5.26. The van der Waals surface area contributed by atoms with Crippen molar-refractivity contribution in [3.8, 4) is 5.75 Å². The molecule has 0 amide bonds. The summed E-state index contributed by atoms with van der Waals surface area (Å²) < 4.78 is 5.46. The Balaban J connectivity index is 0.00000320. The molecule has 0 unspecified atom stereocenters. The first-order valence-electron chi connectivity index (χ1n) is 10.0. The zero-order valence-corrected chi connectivity index (χ0v) is 20.7. The Kier molecular flexibility index (Phi) is 9.64. The second-order valence-corrected chi connectivity index (χ2v) is 7.38. The fraction of sp³-hybridized carbons (Fsp3) is 0.455. The summed E-state index contributed by atoms with van der Waals surface area (Å²) in [5.74, 6) is 2.78. The van der Waals surface area contributed by atoms with E-state index in [2.05, 4.69) is 55.2 Å². The molecule has 0 spiro atoms. The number of aliphatic imine (C=N–C) groups is 1. The quantitative estimate of drug-likeness (QED) is 0.357. The van der Waals surface area contributed by atoms with Crippen LogP contribution in [0.1, 0.15) is 11.1 Å². The number of pyridine rings is 1. The first-order valence-corrected chi connectivity index (χ1v) is 10.0. The Bertz CT molecular complexity index is 823. The van der Waals surface area contributed by atoms with Crippen molar-refractivity contribution >= 4 is 35.8 Å². The summed E-state index contributed by atoms with van der Waals surface area (Å²) in [5, 5.41) is 3.46. The highest BCUT2D eigenvalue weighted by Crippen LogP contribution is 2.19. The monoisotopic (exact) mass is 524 g/mol. The fourth-order valence-corrected chi connectivity index (χ4v) is 3.51. The van der Waals surface area contributed by atoms with Crippen LogP contribution in [0, 0.1) is 0 Å². The molecule has 1 aliphatic heterocycles. The molecule has 8 heteroatoms. The highest BCUT2D eigenvalue weighted by molar-refractivity contribution is 14.0. The van der Waals surface area contributed by atoms with Gasteiger partial charge in [-0.15, -0.1) is 24.0 Å². The standard InChI is InChI=1S/C22H32N6O.HI/c1-23-22(27(3)17-19-7-5-6-8-20(19)29-4)25-16-18-9-10-24-21(15-18)28-13-11-26(2)12-14-28;/h5-10,15H,11-14,16-17H2,1-4H3,(H,23,25);1H. The number of piperazine rings is 1. The number of nitrogens with zero attached hydrogens (tertiary/aromatic N) is 5. The van der Waals surface area contributed by atoms with Crippen molar-refractivity contribution in [2.24, 2.45) is 4.99 Å². The van der Waals surface area contributed by atoms with Crippen molar-refractivity contribution in [1.82, 2.24) is 20.1 Å². The van der Waals surface area contributed by atoms with Crippen LogP contribution in [0.2, 0.25) is 0 Å². The van der Waals surface area contributed by atoms with E-state index in [1.165, 1.54) is 5.56 Å². The molecule has 0 saturated carbocycles. The van der Waals surface area contributed by atoms with Gasteiger partial charge in [0.25, 0.3) is 0 Å². The molecule has 1 aromatic carbocycles. The predicted octanol–water partition coefficient (Wildman–Crippen LogP) is 2.67. The SMILES string of the molecule is CN=C(NCc1ccnc(N2CCN(C)CC2)c1)N(C)Cc1ccccc1OC.I. The number of guanidine groups is 1. The number of para-hydroxylation sites is 1. The summed E-state index contributed by atoms with van der Waals surface area (Å²) in [5.41, 5.74) is 2.32. The second-order valence-electron chi connectivity index (χ2n) is 7.38. The van der Waals surface area contributed by atoms with Crippen LogP contribution >= 0.6 is 24.0 Å². The fourth-order valence-electron chi connectivity index (χ4n) is 3.51. The van der Waals surface area contributed by atoms with Gasteiger partial charge in [0, 0.05) is 65.1 Å². The molecular weight excluding hydrogens is 491 g/mol. The van der Waals surface area contributed by atoms with E-state index >= 15 is 0 Å². The van der Waals surface area contributed by atoms with Crippen LogP contribution in [0.15, 0.2) is 47.6 Å². The highest BCUT2D eigenvalue weighted by Gasteiger charge is 2.15. The van der Waals surface area contributed by atoms with E-state index in [0.29, 0.717) is 13.1 Å². The van der Waals surface area contributed by atoms with Gasteiger partial charge < -0.3 is 24.8 Å². The maximum absolute atomic E-state index is 5.46. The molecule has 0 atom stereocenters. The Morgan fingerprint density at radius 1 is 1.20 bits per heavy atom. The van der Waals surface area contributed by atoms with Crippen LogP contribution in [0.3, 0.4) is 0 Å². The number of nitrogens with one attached hydrogen (secondary N) is 1. The van der Waals surface area contributed by atoms with Crippen LogP contribution in [-0.4, -0.2) is 75.2 Å². The zero-order chi connectivity index (χ0) is 20.6. The van der Waals surface area contributed by atoms with E-state index in [-0.39, 0.29) is 24.0 Å². The van der Waals surface area contributed by atoms with Gasteiger partial charge in [-0.2, -0.15) is 0 Å². The number of ether oxygens (including phenoxy) is 1. The van der Waals surface area contributed by atoms with Gasteiger partial charge in [-0.05, 0) is 30.8 Å². The molecule has 1 N–H and O–H groups in total. The molecule has 2 aromatic rings. The van der Waals surface area contributed by atoms with Crippen LogP contribution in [0.4, 0.5) is 5.82 Å². The Hall–Kier alpha value is -2.07. The molecule has 0 radical (unpaired) electrons. The van der Waals surface area contributed by atoms with Gasteiger partial charge in [-0.3, -0.25) is 4.99 Å². The molecule has 30 heavy (non-hydrogen) atoms. The van der Waals surface area contributed by atoms with Crippen molar-refractivity contribution < 1.29 is 4.74 Å². The van der Waals surface area contributed by atoms with E-state index in [9.17, 15) is 0 Å². The highest BCUT2D eigenvalue weighted by atomic mass is 127. The number of aromatic nitrogens is 1. The van der Waals surface area contributed by atoms with E-state index in [1.54, 1.807) is 7.11 Å². The first-order chi connectivity index (χ1) is 14.1. The lowest BCUT2D eigenvalue weighted by atomic mass is 10.2. The summed E-state index contributed by atoms with van der Waals surface area (Å²) in [6, 6.07) is 12.3. The molecule has 1 saturated heterocycles. The molecule has 3 rings (SSSR count). The van der Waals surface area contributed by atoms with Crippen molar-refractivity contribution in [3.05, 3.63) is 53.7 Å². The van der Waals surface area contributed by atoms with Crippen molar-refractivity contribution in [2.75, 3.05) is 59.3 Å². The maximum Gasteiger partial charge on any atom is 0.193 e. The number of likely N-dealkylation sites (N-methyl/N-ethyl adjacent to an activating group) is 1. The molecule has 7 nitrogen and oxygen atoms in total. The van der Waals surface area contributed by atoms with Crippen LogP contribution in [0.25, 0.3) is 0 Å². The van der Waals surface area contributed by atoms with Gasteiger partial charge in [-0.1, -0.05) is 18.2 Å². The molecule has 164 valence electrons.